The van der Waals surface area contributed by atoms with Gasteiger partial charge in [0.1, 0.15) is 6.04 Å². The van der Waals surface area contributed by atoms with Crippen molar-refractivity contribution in [2.24, 2.45) is 5.92 Å². The summed E-state index contributed by atoms with van der Waals surface area (Å²) in [5.41, 5.74) is 0.966. The van der Waals surface area contributed by atoms with Crippen LogP contribution in [0.4, 0.5) is 5.69 Å². The van der Waals surface area contributed by atoms with Crippen LogP contribution in [0.1, 0.15) is 39.5 Å². The number of anilines is 1. The summed E-state index contributed by atoms with van der Waals surface area (Å²) in [6.45, 7) is 5.00. The average molecular weight is 534 g/mol. The van der Waals surface area contributed by atoms with Crippen LogP contribution in [0.3, 0.4) is 0 Å². The van der Waals surface area contributed by atoms with Crippen LogP contribution in [0, 0.1) is 5.92 Å². The molecule has 1 N–H and O–H groups in total. The lowest BCUT2D eigenvalue weighted by molar-refractivity contribution is -0.132. The summed E-state index contributed by atoms with van der Waals surface area (Å²) in [5, 5.41) is 5.76. The van der Waals surface area contributed by atoms with E-state index in [2.05, 4.69) is 49.3 Å². The highest BCUT2D eigenvalue weighted by atomic mass is 32.2. The third-order valence-corrected chi connectivity index (χ3v) is 10.5. The molecule has 1 aliphatic carbocycles. The molecule has 1 aliphatic heterocycles. The second-order valence-electron chi connectivity index (χ2n) is 11.2. The molecule has 1 unspecified atom stereocenters. The molecule has 3 aromatic carbocycles. The Morgan fingerprint density at radius 2 is 1.66 bits per heavy atom. The van der Waals surface area contributed by atoms with E-state index in [0.29, 0.717) is 29.9 Å². The molecule has 0 spiro atoms. The molecule has 38 heavy (non-hydrogen) atoms. The van der Waals surface area contributed by atoms with Crippen LogP contribution < -0.4 is 5.32 Å². The van der Waals surface area contributed by atoms with Crippen LogP contribution in [0.5, 0.6) is 0 Å². The highest BCUT2D eigenvalue weighted by Gasteiger charge is 2.44. The molecule has 4 atom stereocenters. The average Bonchev–Trinajstić information content (AvgIpc) is 3.28. The lowest BCUT2D eigenvalue weighted by atomic mass is 9.81. The Morgan fingerprint density at radius 3 is 2.42 bits per heavy atom. The standard InChI is InChI=1S/C31H39N3O3S/c1-22(2)33(3)25-16-17-30(24(20-25)21-38(36,37)26-12-5-4-6-13-26)34-19-18-29(31(34)35)32-28-15-9-11-23-10-7-8-14-27(23)28/h4-15,22,24-25,29-30,32H,16-21H2,1-3H3/t24-,25-,29?,30+/m1/s1. The van der Waals surface area contributed by atoms with E-state index in [0.717, 1.165) is 35.7 Å². The number of benzene rings is 3. The molecule has 6 nitrogen and oxygen atoms in total. The van der Waals surface area contributed by atoms with E-state index in [1.54, 1.807) is 24.3 Å². The summed E-state index contributed by atoms with van der Waals surface area (Å²) in [5.74, 6) is 0.0381. The lowest BCUT2D eigenvalue weighted by Gasteiger charge is -2.44. The van der Waals surface area contributed by atoms with Crippen LogP contribution in [-0.2, 0) is 14.6 Å². The molecule has 1 saturated carbocycles. The van der Waals surface area contributed by atoms with Crippen LogP contribution in [0.25, 0.3) is 10.8 Å². The molecule has 0 radical (unpaired) electrons. The number of hydrogen-bond acceptors (Lipinski definition) is 5. The zero-order valence-corrected chi connectivity index (χ0v) is 23.4. The number of carbonyl (C=O) groups excluding carboxylic acids is 1. The number of nitrogens with one attached hydrogen (secondary N) is 1. The predicted octanol–water partition coefficient (Wildman–Crippen LogP) is 5.20. The Labute approximate surface area is 226 Å². The second kappa shape index (κ2) is 11.1. The molecule has 2 fully saturated rings. The van der Waals surface area contributed by atoms with Crippen LogP contribution >= 0.6 is 0 Å². The summed E-state index contributed by atoms with van der Waals surface area (Å²) < 4.78 is 26.9. The van der Waals surface area contributed by atoms with Crippen molar-refractivity contribution in [3.05, 3.63) is 72.8 Å². The van der Waals surface area contributed by atoms with E-state index in [4.69, 9.17) is 0 Å². The van der Waals surface area contributed by atoms with Crippen molar-refractivity contribution in [2.75, 3.05) is 24.7 Å². The number of likely N-dealkylation sites (tertiary alicyclic amines) is 1. The van der Waals surface area contributed by atoms with Gasteiger partial charge in [-0.05, 0) is 76.1 Å². The van der Waals surface area contributed by atoms with Crippen LogP contribution in [0.2, 0.25) is 0 Å². The SMILES string of the molecule is CC(C)N(C)[C@@H]1CC[C@H](N2CCC(Nc3cccc4ccccc34)C2=O)[C@@H](CS(=O)(=O)c2ccccc2)C1. The van der Waals surface area contributed by atoms with E-state index < -0.39 is 9.84 Å². The van der Waals surface area contributed by atoms with E-state index >= 15 is 0 Å². The summed E-state index contributed by atoms with van der Waals surface area (Å²) in [4.78, 5) is 18.5. The van der Waals surface area contributed by atoms with Gasteiger partial charge in [-0.3, -0.25) is 4.79 Å². The Morgan fingerprint density at radius 1 is 0.947 bits per heavy atom. The maximum atomic E-state index is 13.8. The number of sulfone groups is 1. The number of hydrogen-bond donors (Lipinski definition) is 1. The first-order valence-electron chi connectivity index (χ1n) is 13.8. The highest BCUT2D eigenvalue weighted by Crippen LogP contribution is 2.36. The van der Waals surface area contributed by atoms with Crippen molar-refractivity contribution in [1.82, 2.24) is 9.80 Å². The first-order chi connectivity index (χ1) is 18.2. The molecule has 0 aromatic heterocycles. The van der Waals surface area contributed by atoms with Gasteiger partial charge in [0.25, 0.3) is 0 Å². The molecule has 2 aliphatic rings. The van der Waals surface area contributed by atoms with Crippen molar-refractivity contribution in [2.45, 2.75) is 68.6 Å². The minimum atomic E-state index is -3.47. The van der Waals surface area contributed by atoms with Crippen molar-refractivity contribution in [3.63, 3.8) is 0 Å². The second-order valence-corrected chi connectivity index (χ2v) is 13.2. The molecule has 1 heterocycles. The Kier molecular flexibility index (Phi) is 7.78. The highest BCUT2D eigenvalue weighted by molar-refractivity contribution is 7.91. The molecule has 5 rings (SSSR count). The third-order valence-electron chi connectivity index (χ3n) is 8.60. The summed E-state index contributed by atoms with van der Waals surface area (Å²) in [6.07, 6.45) is 3.28. The summed E-state index contributed by atoms with van der Waals surface area (Å²) in [6, 6.07) is 23.4. The van der Waals surface area contributed by atoms with Gasteiger partial charge in [0.2, 0.25) is 5.91 Å². The van der Waals surface area contributed by atoms with Gasteiger partial charge in [0, 0.05) is 35.7 Å². The zero-order chi connectivity index (χ0) is 26.9. The van der Waals surface area contributed by atoms with E-state index in [9.17, 15) is 13.2 Å². The van der Waals surface area contributed by atoms with Gasteiger partial charge in [-0.25, -0.2) is 8.42 Å². The fourth-order valence-corrected chi connectivity index (χ4v) is 8.00. The zero-order valence-electron chi connectivity index (χ0n) is 22.6. The lowest BCUT2D eigenvalue weighted by Crippen LogP contribution is -2.52. The number of amides is 1. The van der Waals surface area contributed by atoms with E-state index in [1.807, 2.05) is 35.2 Å². The molecule has 0 bridgehead atoms. The molecule has 7 heteroatoms. The topological polar surface area (TPSA) is 69.7 Å². The maximum Gasteiger partial charge on any atom is 0.245 e. The van der Waals surface area contributed by atoms with Gasteiger partial charge < -0.3 is 15.1 Å². The van der Waals surface area contributed by atoms with Crippen LogP contribution in [-0.4, -0.2) is 67.6 Å². The Hall–Kier alpha value is -2.90. The van der Waals surface area contributed by atoms with Gasteiger partial charge in [0.15, 0.2) is 9.84 Å². The summed E-state index contributed by atoms with van der Waals surface area (Å²) >= 11 is 0. The fourth-order valence-electron chi connectivity index (χ4n) is 6.31. The van der Waals surface area contributed by atoms with E-state index in [1.165, 1.54) is 0 Å². The molecule has 3 aromatic rings. The molecule has 1 saturated heterocycles. The largest absolute Gasteiger partial charge is 0.373 e. The predicted molar refractivity (Wildman–Crippen MR) is 154 cm³/mol. The quantitative estimate of drug-likeness (QED) is 0.431. The number of carbonyl (C=O) groups is 1. The smallest absolute Gasteiger partial charge is 0.245 e. The molecular weight excluding hydrogens is 494 g/mol. The number of fused-ring (bicyclic) bond motifs is 1. The minimum absolute atomic E-state index is 0.0648. The van der Waals surface area contributed by atoms with Crippen molar-refractivity contribution >= 4 is 32.2 Å². The van der Waals surface area contributed by atoms with Crippen molar-refractivity contribution < 1.29 is 13.2 Å². The van der Waals surface area contributed by atoms with Gasteiger partial charge in [0.05, 0.1) is 10.6 Å². The van der Waals surface area contributed by atoms with E-state index in [-0.39, 0.29) is 29.7 Å². The van der Waals surface area contributed by atoms with Crippen molar-refractivity contribution in [1.29, 1.82) is 0 Å². The number of rotatable bonds is 8. The van der Waals surface area contributed by atoms with Crippen molar-refractivity contribution in [3.8, 4) is 0 Å². The molecular formula is C31H39N3O3S. The third kappa shape index (κ3) is 5.45. The van der Waals surface area contributed by atoms with Gasteiger partial charge in [-0.15, -0.1) is 0 Å². The van der Waals surface area contributed by atoms with Gasteiger partial charge in [-0.2, -0.15) is 0 Å². The minimum Gasteiger partial charge on any atom is -0.373 e. The molecule has 1 amide bonds. The monoisotopic (exact) mass is 533 g/mol. The Balaban J connectivity index is 1.37. The first kappa shape index (κ1) is 26.7. The van der Waals surface area contributed by atoms with Gasteiger partial charge in [-0.1, -0.05) is 54.6 Å². The van der Waals surface area contributed by atoms with Crippen LogP contribution in [0.15, 0.2) is 77.7 Å². The fraction of sp³-hybridized carbons (Fsp3) is 0.452. The maximum absolute atomic E-state index is 13.8. The normalized spacial score (nSPS) is 24.4. The first-order valence-corrected chi connectivity index (χ1v) is 15.4. The Bertz CT molecular complexity index is 1370. The molecule has 202 valence electrons. The number of nitrogens with zero attached hydrogens (tertiary/aromatic N) is 2. The summed E-state index contributed by atoms with van der Waals surface area (Å²) in [7, 11) is -1.34. The van der Waals surface area contributed by atoms with Gasteiger partial charge >= 0.3 is 0 Å².